The van der Waals surface area contributed by atoms with Crippen LogP contribution >= 0.6 is 0 Å². The van der Waals surface area contributed by atoms with Crippen molar-refractivity contribution in [1.82, 2.24) is 0 Å². The van der Waals surface area contributed by atoms with Gasteiger partial charge in [-0.3, -0.25) is 0 Å². The minimum Gasteiger partial charge on any atom is -0.358 e. The third-order valence-electron chi connectivity index (χ3n) is 4.51. The van der Waals surface area contributed by atoms with Crippen molar-refractivity contribution in [2.24, 2.45) is 0 Å². The Morgan fingerprint density at radius 2 is 0.524 bits per heavy atom. The molecule has 11 heteroatoms. The second-order valence-electron chi connectivity index (χ2n) is 9.11. The predicted octanol–water partition coefficient (Wildman–Crippen LogP) is 10.8. The van der Waals surface area contributed by atoms with Gasteiger partial charge in [0.05, 0.1) is 0 Å². The van der Waals surface area contributed by atoms with Gasteiger partial charge in [-0.25, -0.2) is 0 Å². The van der Waals surface area contributed by atoms with Gasteiger partial charge in [-0.15, -0.1) is 0 Å². The molecule has 0 atom stereocenters. The maximum absolute atomic E-state index is 2.31. The van der Waals surface area contributed by atoms with Gasteiger partial charge in [-0.1, -0.05) is 104 Å². The van der Waals surface area contributed by atoms with Crippen LogP contribution in [0.4, 0.5) is 0 Å². The molecule has 0 heterocycles. The second kappa shape index (κ2) is 66.4. The molecule has 2 rings (SSSR count). The van der Waals surface area contributed by atoms with Gasteiger partial charge in [0, 0.05) is 360 Å². The summed E-state index contributed by atoms with van der Waals surface area (Å²) < 4.78 is 0. The van der Waals surface area contributed by atoms with Crippen LogP contribution in [0.1, 0.15) is 129 Å². The molecule has 42 heavy (non-hydrogen) atoms. The van der Waals surface area contributed by atoms with Crippen LogP contribution in [0, 0.1) is 20.3 Å². The first kappa shape index (κ1) is 94.0. The van der Waals surface area contributed by atoms with Crippen LogP contribution in [0.2, 0.25) is 0 Å². The fourth-order valence-electron chi connectivity index (χ4n) is 2.54. The minimum absolute atomic E-state index is 0. The van der Waals surface area contributed by atoms with Crippen molar-refractivity contribution in [2.75, 3.05) is 0 Å². The number of hydrogen-bond acceptors (Lipinski definition) is 0. The Hall–Kier alpha value is 10.6. The van der Waals surface area contributed by atoms with Gasteiger partial charge in [-0.2, -0.15) is 27.7 Å². The summed E-state index contributed by atoms with van der Waals surface area (Å²) in [6.07, 6.45) is 4.00. The van der Waals surface area contributed by atoms with Crippen LogP contribution in [0.25, 0.3) is 0 Å². The Labute approximate surface area is 543 Å². The monoisotopic (exact) mass is 1400 g/mol. The molecular weight excluding hydrogens is 1350 g/mol. The fraction of sp³-hybridized carbons (Fsp3) is 0.516. The zero-order chi connectivity index (χ0) is 23.7. The summed E-state index contributed by atoms with van der Waals surface area (Å²) >= 11 is 0. The van der Waals surface area contributed by atoms with Crippen molar-refractivity contribution in [3.63, 3.8) is 0 Å². The zero-order valence-corrected chi connectivity index (χ0v) is 60.7. The maximum Gasteiger partial charge on any atom is 0 e. The molecule has 213 valence electrons. The molecule has 0 fully saturated rings. The molecule has 0 spiro atoms. The van der Waals surface area contributed by atoms with Crippen LogP contribution in [-0.4, -0.2) is 0 Å². The van der Waals surface area contributed by atoms with Gasteiger partial charge in [0.2, 0.25) is 0 Å². The first-order chi connectivity index (χ1) is 14.0. The third kappa shape index (κ3) is 57.3. The van der Waals surface area contributed by atoms with Crippen molar-refractivity contribution in [1.29, 1.82) is 0 Å². The molecule has 0 N–H and O–H groups in total. The Balaban J connectivity index is -0.0000000211. The van der Waals surface area contributed by atoms with Crippen molar-refractivity contribution in [2.45, 2.75) is 107 Å². The molecule has 0 bridgehead atoms. The Bertz CT molecular complexity index is 597. The molecule has 2 aromatic rings. The van der Waals surface area contributed by atoms with E-state index in [9.17, 15) is 0 Å². The van der Waals surface area contributed by atoms with Gasteiger partial charge in [0.25, 0.3) is 0 Å². The largest absolute Gasteiger partial charge is 0.358 e. The quantitative estimate of drug-likeness (QED) is 0.268. The molecular formula is C31H53Y11-3. The SMILES string of the molecule is CC(C)c1ccc(C(C)C)cc1.CC(C)c1cccc(C(C)C)c1.C[CH-]C.C[CH-]C.[CH3-].[Y].[Y].[Y].[Y].[Y].[Y].[Y].[Y].[Y].[Y].[Y]. The summed E-state index contributed by atoms with van der Waals surface area (Å²) in [7, 11) is 0. The number of rotatable bonds is 4. The third-order valence-corrected chi connectivity index (χ3v) is 4.51. The van der Waals surface area contributed by atoms with Crippen molar-refractivity contribution in [3.8, 4) is 0 Å². The fourth-order valence-corrected chi connectivity index (χ4v) is 2.54. The van der Waals surface area contributed by atoms with Crippen molar-refractivity contribution in [3.05, 3.63) is 91.1 Å². The van der Waals surface area contributed by atoms with E-state index in [1.165, 1.54) is 22.3 Å². The second-order valence-corrected chi connectivity index (χ2v) is 9.11. The van der Waals surface area contributed by atoms with Crippen LogP contribution in [0.3, 0.4) is 0 Å². The Kier molecular flexibility index (Phi) is 149. The van der Waals surface area contributed by atoms with E-state index in [0.717, 1.165) is 0 Å². The summed E-state index contributed by atoms with van der Waals surface area (Å²) in [5, 5.41) is 0. The molecule has 0 unspecified atom stereocenters. The number of benzene rings is 2. The van der Waals surface area contributed by atoms with E-state index in [2.05, 4.69) is 104 Å². The van der Waals surface area contributed by atoms with E-state index in [1.807, 2.05) is 40.5 Å². The zero-order valence-electron chi connectivity index (χ0n) is 29.4. The van der Waals surface area contributed by atoms with Crippen LogP contribution in [-0.2, 0) is 360 Å². The molecule has 0 aliphatic rings. The molecule has 0 aliphatic carbocycles. The number of hydrogen-bond donors (Lipinski definition) is 0. The van der Waals surface area contributed by atoms with Gasteiger partial charge in [-0.05, 0) is 45.9 Å². The molecule has 0 saturated carbocycles. The predicted molar refractivity (Wildman–Crippen MR) is 147 cm³/mol. The van der Waals surface area contributed by atoms with E-state index in [1.54, 1.807) is 0 Å². The Morgan fingerprint density at radius 3 is 0.667 bits per heavy atom. The summed E-state index contributed by atoms with van der Waals surface area (Å²) in [6.45, 7) is 25.8. The molecule has 0 saturated heterocycles. The van der Waals surface area contributed by atoms with E-state index in [-0.39, 0.29) is 367 Å². The Morgan fingerprint density at radius 1 is 0.357 bits per heavy atom. The topological polar surface area (TPSA) is 0 Å². The molecule has 0 aromatic heterocycles. The van der Waals surface area contributed by atoms with Crippen LogP contribution in [0.15, 0.2) is 48.5 Å². The standard InChI is InChI=1S/2C12H18.2C3H7.CH3.11Y/c1-9(2)11-5-7-12(8-6-11)10(3)4;1-9(2)11-6-5-7-12(8-11)10(3)4;2*1-3-2;;;;;;;;;;;;/h2*5-10H,1-4H3;2*3H,1-2H3;1H3;;;;;;;;;;;/q;;3*-1;;;;;;;;;;;. The van der Waals surface area contributed by atoms with Crippen LogP contribution in [0.5, 0.6) is 0 Å². The summed E-state index contributed by atoms with van der Waals surface area (Å²) in [6, 6.07) is 17.8. The summed E-state index contributed by atoms with van der Waals surface area (Å²) in [5.41, 5.74) is 5.75. The van der Waals surface area contributed by atoms with Crippen molar-refractivity contribution >= 4 is 0 Å². The normalized spacial score (nSPS) is 7.24. The van der Waals surface area contributed by atoms with E-state index in [4.69, 9.17) is 0 Å². The molecule has 2 aromatic carbocycles. The first-order valence-electron chi connectivity index (χ1n) is 11.7. The average molecular weight is 1400 g/mol. The molecule has 11 radical (unpaired) electrons. The average Bonchev–Trinajstić information content (AvgIpc) is 2.69. The van der Waals surface area contributed by atoms with Gasteiger partial charge in [0.15, 0.2) is 0 Å². The minimum atomic E-state index is 0. The molecule has 0 aliphatic heterocycles. The molecule has 0 amide bonds. The summed E-state index contributed by atoms with van der Waals surface area (Å²) in [5.74, 6) is 2.57. The first-order valence-corrected chi connectivity index (χ1v) is 11.7. The molecule has 0 nitrogen and oxygen atoms in total. The van der Waals surface area contributed by atoms with Crippen LogP contribution < -0.4 is 0 Å². The summed E-state index contributed by atoms with van der Waals surface area (Å²) in [4.78, 5) is 0. The van der Waals surface area contributed by atoms with Gasteiger partial charge >= 0.3 is 0 Å². The van der Waals surface area contributed by atoms with E-state index < -0.39 is 0 Å². The maximum atomic E-state index is 2.31. The smallest absolute Gasteiger partial charge is 0 e. The van der Waals surface area contributed by atoms with E-state index in [0.29, 0.717) is 23.7 Å². The van der Waals surface area contributed by atoms with Crippen molar-refractivity contribution < 1.29 is 360 Å². The van der Waals surface area contributed by atoms with E-state index >= 15 is 0 Å². The van der Waals surface area contributed by atoms with Gasteiger partial charge < -0.3 is 20.3 Å². The van der Waals surface area contributed by atoms with Gasteiger partial charge in [0.1, 0.15) is 0 Å².